The number of fused-ring (bicyclic) bond motifs is 2. The Hall–Kier alpha value is -3.60. The first-order valence-electron chi connectivity index (χ1n) is 8.93. The lowest BCUT2D eigenvalue weighted by molar-refractivity contribution is 0.0697. The van der Waals surface area contributed by atoms with Gasteiger partial charge in [-0.15, -0.1) is 0 Å². The highest BCUT2D eigenvalue weighted by molar-refractivity contribution is 6.07. The highest BCUT2D eigenvalue weighted by Gasteiger charge is 2.21. The molecule has 2 aliphatic rings. The number of rotatable bonds is 3. The molecule has 5 nitrogen and oxygen atoms in total. The average molecular weight is 372 g/mol. The molecule has 28 heavy (non-hydrogen) atoms. The van der Waals surface area contributed by atoms with Gasteiger partial charge in [0.1, 0.15) is 11.3 Å². The molecule has 0 aromatic heterocycles. The number of aromatic carboxylic acids is 1. The Morgan fingerprint density at radius 3 is 2.50 bits per heavy atom. The zero-order valence-electron chi connectivity index (χ0n) is 15.9. The van der Waals surface area contributed by atoms with E-state index in [1.807, 2.05) is 67.5 Å². The summed E-state index contributed by atoms with van der Waals surface area (Å²) in [6, 6.07) is 18.8. The van der Waals surface area contributed by atoms with Crippen LogP contribution in [0.5, 0.6) is 0 Å². The SMILES string of the molecule is C/N=c1/ccc2c(-c3ccccc3C(=O)O)c3ccc(N(C)C)cc3oc-2c1. The minimum Gasteiger partial charge on any atom is -0.478 e. The number of carbonyl (C=O) groups is 1. The quantitative estimate of drug-likeness (QED) is 0.538. The van der Waals surface area contributed by atoms with Gasteiger partial charge in [-0.1, -0.05) is 18.2 Å². The van der Waals surface area contributed by atoms with E-state index in [1.54, 1.807) is 19.2 Å². The Kier molecular flexibility index (Phi) is 4.35. The number of carboxylic acid groups (broad SMARTS) is 1. The molecule has 0 saturated carbocycles. The van der Waals surface area contributed by atoms with Crippen molar-refractivity contribution in [3.05, 3.63) is 71.6 Å². The molecule has 0 fully saturated rings. The van der Waals surface area contributed by atoms with Crippen molar-refractivity contribution in [2.45, 2.75) is 0 Å². The van der Waals surface area contributed by atoms with Crippen LogP contribution >= 0.6 is 0 Å². The molecular weight excluding hydrogens is 352 g/mol. The van der Waals surface area contributed by atoms with E-state index in [0.717, 1.165) is 27.6 Å². The number of hydrogen-bond acceptors (Lipinski definition) is 4. The molecule has 4 rings (SSSR count). The lowest BCUT2D eigenvalue weighted by Gasteiger charge is -2.18. The second-order valence-corrected chi connectivity index (χ2v) is 6.81. The van der Waals surface area contributed by atoms with Gasteiger partial charge in [0, 0.05) is 55.5 Å². The first kappa shape index (κ1) is 17.8. The molecule has 0 bridgehead atoms. The Bertz CT molecular complexity index is 1240. The van der Waals surface area contributed by atoms with E-state index in [0.29, 0.717) is 16.9 Å². The van der Waals surface area contributed by atoms with Gasteiger partial charge in [-0.3, -0.25) is 4.99 Å². The van der Waals surface area contributed by atoms with Crippen molar-refractivity contribution in [3.8, 4) is 22.5 Å². The molecule has 0 saturated heterocycles. The number of anilines is 1. The summed E-state index contributed by atoms with van der Waals surface area (Å²) in [5.41, 5.74) is 4.33. The minimum absolute atomic E-state index is 0.261. The fourth-order valence-corrected chi connectivity index (χ4v) is 3.46. The van der Waals surface area contributed by atoms with Gasteiger partial charge >= 0.3 is 5.97 Å². The second-order valence-electron chi connectivity index (χ2n) is 6.81. The monoisotopic (exact) mass is 372 g/mol. The molecule has 0 spiro atoms. The van der Waals surface area contributed by atoms with Crippen LogP contribution < -0.4 is 10.3 Å². The zero-order valence-corrected chi connectivity index (χ0v) is 15.9. The van der Waals surface area contributed by atoms with E-state index in [-0.39, 0.29) is 5.56 Å². The highest BCUT2D eigenvalue weighted by atomic mass is 16.4. The van der Waals surface area contributed by atoms with Crippen LogP contribution in [0.1, 0.15) is 10.4 Å². The van der Waals surface area contributed by atoms with E-state index in [1.165, 1.54) is 0 Å². The number of carboxylic acids is 1. The molecule has 5 heteroatoms. The van der Waals surface area contributed by atoms with Crippen molar-refractivity contribution in [3.63, 3.8) is 0 Å². The minimum atomic E-state index is -0.956. The molecule has 1 aliphatic carbocycles. The molecule has 140 valence electrons. The molecule has 0 unspecified atom stereocenters. The van der Waals surface area contributed by atoms with Crippen LogP contribution in [0.4, 0.5) is 5.69 Å². The van der Waals surface area contributed by atoms with Crippen LogP contribution in [0.3, 0.4) is 0 Å². The van der Waals surface area contributed by atoms with Crippen LogP contribution in [0.15, 0.2) is 70.1 Å². The second kappa shape index (κ2) is 6.85. The van der Waals surface area contributed by atoms with Crippen molar-refractivity contribution in [1.82, 2.24) is 0 Å². The van der Waals surface area contributed by atoms with Gasteiger partial charge in [0.2, 0.25) is 0 Å². The van der Waals surface area contributed by atoms with Crippen molar-refractivity contribution in [2.24, 2.45) is 4.99 Å². The van der Waals surface area contributed by atoms with Crippen molar-refractivity contribution in [2.75, 3.05) is 26.0 Å². The molecule has 2 aromatic carbocycles. The standard InChI is InChI=1S/C23H20N2O3/c1-24-14-8-10-18-20(12-14)28-21-13-15(25(2)3)9-11-19(21)22(18)16-6-4-5-7-17(16)23(26)27/h4-13H,1-3H3,(H,26,27)/b24-14-. The van der Waals surface area contributed by atoms with Gasteiger partial charge in [-0.25, -0.2) is 4.79 Å². The van der Waals surface area contributed by atoms with Gasteiger partial charge in [0.05, 0.1) is 10.9 Å². The molecule has 2 aromatic rings. The van der Waals surface area contributed by atoms with Gasteiger partial charge in [-0.05, 0) is 35.9 Å². The third-order valence-electron chi connectivity index (χ3n) is 4.89. The van der Waals surface area contributed by atoms with Crippen LogP contribution in [0, 0.1) is 0 Å². The van der Waals surface area contributed by atoms with E-state index < -0.39 is 5.97 Å². The van der Waals surface area contributed by atoms with Crippen molar-refractivity contribution in [1.29, 1.82) is 0 Å². The summed E-state index contributed by atoms with van der Waals surface area (Å²) in [5, 5.41) is 11.4. The summed E-state index contributed by atoms with van der Waals surface area (Å²) in [4.78, 5) is 18.1. The molecule has 1 heterocycles. The summed E-state index contributed by atoms with van der Waals surface area (Å²) in [6.07, 6.45) is 0. The first-order valence-corrected chi connectivity index (χ1v) is 8.93. The summed E-state index contributed by atoms with van der Waals surface area (Å²) in [7, 11) is 5.67. The normalized spacial score (nSPS) is 11.9. The zero-order chi connectivity index (χ0) is 19.8. The van der Waals surface area contributed by atoms with E-state index in [2.05, 4.69) is 4.99 Å². The van der Waals surface area contributed by atoms with Gasteiger partial charge < -0.3 is 14.4 Å². The smallest absolute Gasteiger partial charge is 0.336 e. The maximum absolute atomic E-state index is 11.9. The fraction of sp³-hybridized carbons (Fsp3) is 0.130. The first-order chi connectivity index (χ1) is 13.5. The summed E-state index contributed by atoms with van der Waals surface area (Å²) >= 11 is 0. The third kappa shape index (κ3) is 2.91. The Morgan fingerprint density at radius 2 is 1.79 bits per heavy atom. The summed E-state index contributed by atoms with van der Waals surface area (Å²) in [5.74, 6) is -0.288. The molecule has 1 aliphatic heterocycles. The third-order valence-corrected chi connectivity index (χ3v) is 4.89. The lowest BCUT2D eigenvalue weighted by Crippen LogP contribution is -2.08. The van der Waals surface area contributed by atoms with Crippen molar-refractivity contribution >= 4 is 22.6 Å². The highest BCUT2D eigenvalue weighted by Crippen LogP contribution is 2.41. The van der Waals surface area contributed by atoms with E-state index in [4.69, 9.17) is 4.42 Å². The van der Waals surface area contributed by atoms with E-state index in [9.17, 15) is 9.90 Å². The van der Waals surface area contributed by atoms with Gasteiger partial charge in [0.25, 0.3) is 0 Å². The largest absolute Gasteiger partial charge is 0.478 e. The van der Waals surface area contributed by atoms with Crippen LogP contribution in [0.2, 0.25) is 0 Å². The Morgan fingerprint density at radius 1 is 1.00 bits per heavy atom. The summed E-state index contributed by atoms with van der Waals surface area (Å²) in [6.45, 7) is 0. The molecule has 0 radical (unpaired) electrons. The molecule has 1 N–H and O–H groups in total. The topological polar surface area (TPSA) is 66.0 Å². The van der Waals surface area contributed by atoms with Gasteiger partial charge in [0.15, 0.2) is 0 Å². The number of benzene rings is 3. The maximum Gasteiger partial charge on any atom is 0.336 e. The maximum atomic E-state index is 11.9. The molecular formula is C23H20N2O3. The van der Waals surface area contributed by atoms with E-state index >= 15 is 0 Å². The molecule has 0 amide bonds. The Labute approximate surface area is 162 Å². The number of hydrogen-bond donors (Lipinski definition) is 1. The van der Waals surface area contributed by atoms with Gasteiger partial charge in [-0.2, -0.15) is 0 Å². The molecule has 0 atom stereocenters. The summed E-state index contributed by atoms with van der Waals surface area (Å²) < 4.78 is 6.21. The average Bonchev–Trinajstić information content (AvgIpc) is 2.70. The number of nitrogens with zero attached hydrogens (tertiary/aromatic N) is 2. The predicted molar refractivity (Wildman–Crippen MR) is 111 cm³/mol. The van der Waals surface area contributed by atoms with Crippen molar-refractivity contribution < 1.29 is 14.3 Å². The lowest BCUT2D eigenvalue weighted by atomic mass is 9.90. The Balaban J connectivity index is 2.18. The fourth-order valence-electron chi connectivity index (χ4n) is 3.46. The van der Waals surface area contributed by atoms with Crippen LogP contribution in [-0.2, 0) is 0 Å². The van der Waals surface area contributed by atoms with Crippen LogP contribution in [-0.4, -0.2) is 32.2 Å². The van der Waals surface area contributed by atoms with Crippen LogP contribution in [0.25, 0.3) is 33.4 Å². The predicted octanol–water partition coefficient (Wildman–Crippen LogP) is 4.50.